The molecule has 0 saturated carbocycles. The van der Waals surface area contributed by atoms with Gasteiger partial charge in [0.1, 0.15) is 10.3 Å². The van der Waals surface area contributed by atoms with Crippen molar-refractivity contribution in [3.63, 3.8) is 0 Å². The Hall–Kier alpha value is -3.09. The Balaban J connectivity index is 1.27. The molecule has 0 radical (unpaired) electrons. The van der Waals surface area contributed by atoms with E-state index in [9.17, 15) is 0 Å². The summed E-state index contributed by atoms with van der Waals surface area (Å²) in [6, 6.07) is 25.1. The van der Waals surface area contributed by atoms with Crippen LogP contribution in [0.2, 0.25) is 0 Å². The van der Waals surface area contributed by atoms with Crippen molar-refractivity contribution >= 4 is 65.8 Å². The minimum Gasteiger partial charge on any atom is -0.348 e. The SMILES string of the molecule is S=C(Nc1ccc2sc3nc4ccccc4nc3c2c1)N1CC[C@@H](c2ccccc2)C1. The van der Waals surface area contributed by atoms with Crippen molar-refractivity contribution < 1.29 is 0 Å². The van der Waals surface area contributed by atoms with Crippen LogP contribution >= 0.6 is 23.6 Å². The fourth-order valence-electron chi connectivity index (χ4n) is 4.36. The molecule has 1 N–H and O–H groups in total. The molecule has 3 heterocycles. The van der Waals surface area contributed by atoms with Crippen molar-refractivity contribution in [3.05, 3.63) is 78.4 Å². The molecule has 1 aliphatic heterocycles. The maximum absolute atomic E-state index is 5.75. The van der Waals surface area contributed by atoms with Crippen LogP contribution in [-0.4, -0.2) is 33.1 Å². The van der Waals surface area contributed by atoms with Crippen molar-refractivity contribution in [2.75, 3.05) is 18.4 Å². The molecule has 0 aliphatic carbocycles. The van der Waals surface area contributed by atoms with Crippen molar-refractivity contribution in [2.45, 2.75) is 12.3 Å². The van der Waals surface area contributed by atoms with Gasteiger partial charge in [0, 0.05) is 34.8 Å². The van der Waals surface area contributed by atoms with Crippen LogP contribution in [0.3, 0.4) is 0 Å². The van der Waals surface area contributed by atoms with Crippen molar-refractivity contribution in [2.24, 2.45) is 0 Å². The molecule has 5 aromatic rings. The normalized spacial score (nSPS) is 16.4. The number of thiophene rings is 1. The highest BCUT2D eigenvalue weighted by molar-refractivity contribution is 7.80. The molecule has 1 fully saturated rings. The van der Waals surface area contributed by atoms with Gasteiger partial charge >= 0.3 is 0 Å². The molecular weight excluding hydrogens is 420 g/mol. The molecule has 1 aliphatic rings. The average Bonchev–Trinajstić information content (AvgIpc) is 3.43. The van der Waals surface area contributed by atoms with E-state index in [0.717, 1.165) is 57.1 Å². The van der Waals surface area contributed by atoms with Crippen LogP contribution < -0.4 is 5.32 Å². The van der Waals surface area contributed by atoms with Gasteiger partial charge in [-0.05, 0) is 54.5 Å². The number of para-hydroxylation sites is 2. The summed E-state index contributed by atoms with van der Waals surface area (Å²) in [6.07, 6.45) is 1.13. The fourth-order valence-corrected chi connectivity index (χ4v) is 5.65. The fraction of sp³-hybridized carbons (Fsp3) is 0.160. The second-order valence-electron chi connectivity index (χ2n) is 7.95. The molecule has 1 saturated heterocycles. The largest absolute Gasteiger partial charge is 0.348 e. The standard InChI is InChI=1S/C25H20N4S2/c30-25(29-13-12-17(15-29)16-6-2-1-3-7-16)26-18-10-11-22-19(14-18)23-24(31-22)28-21-9-5-4-8-20(21)27-23/h1-11,14,17H,12-13,15H2,(H,26,30)/t17-/m1/s1. The summed E-state index contributed by atoms with van der Waals surface area (Å²) in [5.41, 5.74) is 5.20. The van der Waals surface area contributed by atoms with Gasteiger partial charge in [0.25, 0.3) is 0 Å². The molecule has 31 heavy (non-hydrogen) atoms. The van der Waals surface area contributed by atoms with E-state index < -0.39 is 0 Å². The lowest BCUT2D eigenvalue weighted by Gasteiger charge is -2.21. The monoisotopic (exact) mass is 440 g/mol. The first kappa shape index (κ1) is 18.7. The van der Waals surface area contributed by atoms with E-state index in [-0.39, 0.29) is 0 Å². The third-order valence-electron chi connectivity index (χ3n) is 5.98. The lowest BCUT2D eigenvalue weighted by Crippen LogP contribution is -2.32. The maximum atomic E-state index is 5.75. The molecular formula is C25H20N4S2. The highest BCUT2D eigenvalue weighted by Gasteiger charge is 2.25. The summed E-state index contributed by atoms with van der Waals surface area (Å²) in [6.45, 7) is 1.93. The molecule has 1 atom stereocenters. The minimum absolute atomic E-state index is 0.535. The second kappa shape index (κ2) is 7.55. The summed E-state index contributed by atoms with van der Waals surface area (Å²) in [5, 5.41) is 5.36. The first-order chi connectivity index (χ1) is 15.2. The maximum Gasteiger partial charge on any atom is 0.173 e. The number of hydrogen-bond donors (Lipinski definition) is 1. The van der Waals surface area contributed by atoms with Gasteiger partial charge in [-0.1, -0.05) is 42.5 Å². The highest BCUT2D eigenvalue weighted by atomic mass is 32.1. The molecule has 0 bridgehead atoms. The lowest BCUT2D eigenvalue weighted by atomic mass is 9.99. The quantitative estimate of drug-likeness (QED) is 0.332. The van der Waals surface area contributed by atoms with Gasteiger partial charge in [-0.2, -0.15) is 0 Å². The number of thiocarbonyl (C=S) groups is 1. The summed E-state index contributed by atoms with van der Waals surface area (Å²) < 4.78 is 1.19. The van der Waals surface area contributed by atoms with Gasteiger partial charge in [0.15, 0.2) is 5.11 Å². The van der Waals surface area contributed by atoms with E-state index in [0.29, 0.717) is 5.92 Å². The first-order valence-electron chi connectivity index (χ1n) is 10.4. The molecule has 6 heteroatoms. The van der Waals surface area contributed by atoms with Crippen LogP contribution in [0.5, 0.6) is 0 Å². The molecule has 2 aromatic heterocycles. The van der Waals surface area contributed by atoms with E-state index >= 15 is 0 Å². The number of nitrogens with zero attached hydrogens (tertiary/aromatic N) is 3. The Bertz CT molecular complexity index is 1430. The van der Waals surface area contributed by atoms with Crippen molar-refractivity contribution in [3.8, 4) is 0 Å². The summed E-state index contributed by atoms with van der Waals surface area (Å²) in [4.78, 5) is 12.9. The Morgan fingerprint density at radius 1 is 0.968 bits per heavy atom. The molecule has 0 amide bonds. The molecule has 0 unspecified atom stereocenters. The summed E-state index contributed by atoms with van der Waals surface area (Å²) in [5.74, 6) is 0.535. The van der Waals surface area contributed by atoms with Crippen LogP contribution in [0.15, 0.2) is 72.8 Å². The smallest absolute Gasteiger partial charge is 0.173 e. The third kappa shape index (κ3) is 3.42. The van der Waals surface area contributed by atoms with Gasteiger partial charge in [-0.25, -0.2) is 9.97 Å². The number of anilines is 1. The second-order valence-corrected chi connectivity index (χ2v) is 9.37. The molecule has 6 rings (SSSR count). The van der Waals surface area contributed by atoms with Crippen molar-refractivity contribution in [1.29, 1.82) is 0 Å². The van der Waals surface area contributed by atoms with E-state index in [4.69, 9.17) is 22.2 Å². The van der Waals surface area contributed by atoms with Crippen LogP contribution in [-0.2, 0) is 0 Å². The van der Waals surface area contributed by atoms with E-state index in [1.54, 1.807) is 11.3 Å². The van der Waals surface area contributed by atoms with E-state index in [1.807, 2.05) is 24.3 Å². The van der Waals surface area contributed by atoms with Gasteiger partial charge < -0.3 is 10.2 Å². The zero-order chi connectivity index (χ0) is 20.8. The molecule has 3 aromatic carbocycles. The summed E-state index contributed by atoms with van der Waals surface area (Å²) in [7, 11) is 0. The number of hydrogen-bond acceptors (Lipinski definition) is 4. The Morgan fingerprint density at radius 2 is 1.74 bits per heavy atom. The third-order valence-corrected chi connectivity index (χ3v) is 7.39. The van der Waals surface area contributed by atoms with Crippen molar-refractivity contribution in [1.82, 2.24) is 14.9 Å². The number of likely N-dealkylation sites (tertiary alicyclic amines) is 1. The van der Waals surface area contributed by atoms with E-state index in [2.05, 4.69) is 58.7 Å². The Morgan fingerprint density at radius 3 is 2.58 bits per heavy atom. The van der Waals surface area contributed by atoms with Crippen LogP contribution in [0, 0.1) is 0 Å². The average molecular weight is 441 g/mol. The predicted molar refractivity (Wildman–Crippen MR) is 134 cm³/mol. The molecule has 4 nitrogen and oxygen atoms in total. The predicted octanol–water partition coefficient (Wildman–Crippen LogP) is 6.18. The number of nitrogens with one attached hydrogen (secondary N) is 1. The van der Waals surface area contributed by atoms with Gasteiger partial charge in [0.2, 0.25) is 0 Å². The van der Waals surface area contributed by atoms with Gasteiger partial charge in [-0.15, -0.1) is 11.3 Å². The first-order valence-corrected chi connectivity index (χ1v) is 11.7. The molecule has 152 valence electrons. The van der Waals surface area contributed by atoms with Crippen LogP contribution in [0.25, 0.3) is 31.5 Å². The zero-order valence-corrected chi connectivity index (χ0v) is 18.4. The highest BCUT2D eigenvalue weighted by Crippen LogP contribution is 2.34. The van der Waals surface area contributed by atoms with E-state index in [1.165, 1.54) is 10.3 Å². The van der Waals surface area contributed by atoms with Crippen LogP contribution in [0.4, 0.5) is 5.69 Å². The topological polar surface area (TPSA) is 41.1 Å². The number of benzene rings is 3. The molecule has 0 spiro atoms. The summed E-state index contributed by atoms with van der Waals surface area (Å²) >= 11 is 7.43. The number of aromatic nitrogens is 2. The van der Waals surface area contributed by atoms with Crippen LogP contribution in [0.1, 0.15) is 17.9 Å². The van der Waals surface area contributed by atoms with Gasteiger partial charge in [-0.3, -0.25) is 0 Å². The number of rotatable bonds is 2. The minimum atomic E-state index is 0.535. The van der Waals surface area contributed by atoms with Gasteiger partial charge in [0.05, 0.1) is 11.0 Å². The lowest BCUT2D eigenvalue weighted by molar-refractivity contribution is 0.518. The Kier molecular flexibility index (Phi) is 4.55. The number of fused-ring (bicyclic) bond motifs is 4. The zero-order valence-electron chi connectivity index (χ0n) is 16.8. The Labute approximate surface area is 189 Å².